The number of hydrogen-bond acceptors (Lipinski definition) is 10. The van der Waals surface area contributed by atoms with E-state index in [1.807, 2.05) is 0 Å². The maximum Gasteiger partial charge on any atom is 0.513 e. The third-order valence-electron chi connectivity index (χ3n) is 5.22. The maximum absolute atomic E-state index is 13.6. The maximum atomic E-state index is 13.6. The molecule has 0 aliphatic heterocycles. The van der Waals surface area contributed by atoms with E-state index in [9.17, 15) is 18.0 Å². The standard InChI is InChI=1S/C26H27N3O9S/c1-34-19-11-13-22(35-2)21(15-19)29(39(32,33)20-8-6-5-7-9-20)17-25(30)28-27-16-18-10-12-23(24(14-18)36-3)38-26(31)37-4/h5-16H,17H2,1-4H3,(H,28,30)/b27-16+. The molecule has 0 saturated heterocycles. The van der Waals surface area contributed by atoms with Crippen molar-refractivity contribution in [2.75, 3.05) is 39.3 Å². The summed E-state index contributed by atoms with van der Waals surface area (Å²) >= 11 is 0. The summed E-state index contributed by atoms with van der Waals surface area (Å²) in [6.45, 7) is -0.618. The van der Waals surface area contributed by atoms with Gasteiger partial charge in [-0.2, -0.15) is 5.10 Å². The summed E-state index contributed by atoms with van der Waals surface area (Å²) in [5, 5.41) is 3.91. The molecule has 39 heavy (non-hydrogen) atoms. The molecule has 1 N–H and O–H groups in total. The van der Waals surface area contributed by atoms with Crippen LogP contribution in [-0.4, -0.2) is 61.7 Å². The van der Waals surface area contributed by atoms with Crippen LogP contribution in [0.4, 0.5) is 10.5 Å². The van der Waals surface area contributed by atoms with Crippen LogP contribution >= 0.6 is 0 Å². The normalized spacial score (nSPS) is 11.0. The number of hydrazone groups is 1. The molecule has 0 aromatic heterocycles. The number of amides is 1. The minimum atomic E-state index is -4.19. The largest absolute Gasteiger partial charge is 0.513 e. The second-order valence-electron chi connectivity index (χ2n) is 7.62. The summed E-state index contributed by atoms with van der Waals surface area (Å²) in [6.07, 6.45) is 0.398. The van der Waals surface area contributed by atoms with E-state index in [4.69, 9.17) is 18.9 Å². The first-order valence-electron chi connectivity index (χ1n) is 11.3. The summed E-state index contributed by atoms with van der Waals surface area (Å²) in [5.41, 5.74) is 2.92. The lowest BCUT2D eigenvalue weighted by atomic mass is 10.2. The van der Waals surface area contributed by atoms with Gasteiger partial charge in [-0.1, -0.05) is 18.2 Å². The molecule has 0 saturated carbocycles. The van der Waals surface area contributed by atoms with Gasteiger partial charge in [0.15, 0.2) is 11.5 Å². The molecule has 0 fully saturated rings. The Balaban J connectivity index is 1.86. The van der Waals surface area contributed by atoms with Gasteiger partial charge in [-0.05, 0) is 48.0 Å². The van der Waals surface area contributed by atoms with Crippen LogP contribution in [0.3, 0.4) is 0 Å². The number of sulfonamides is 1. The molecule has 206 valence electrons. The zero-order valence-corrected chi connectivity index (χ0v) is 22.4. The molecule has 0 radical (unpaired) electrons. The van der Waals surface area contributed by atoms with Gasteiger partial charge in [0.1, 0.15) is 18.0 Å². The van der Waals surface area contributed by atoms with Crippen molar-refractivity contribution in [2.24, 2.45) is 5.10 Å². The van der Waals surface area contributed by atoms with Crippen LogP contribution < -0.4 is 28.7 Å². The monoisotopic (exact) mass is 557 g/mol. The van der Waals surface area contributed by atoms with E-state index < -0.39 is 28.6 Å². The van der Waals surface area contributed by atoms with Crippen molar-refractivity contribution >= 4 is 34.0 Å². The van der Waals surface area contributed by atoms with Crippen LogP contribution in [0.1, 0.15) is 5.56 Å². The first-order valence-corrected chi connectivity index (χ1v) is 12.7. The molecular weight excluding hydrogens is 530 g/mol. The average Bonchev–Trinajstić information content (AvgIpc) is 2.96. The fourth-order valence-corrected chi connectivity index (χ4v) is 4.78. The SMILES string of the molecule is COC(=O)Oc1ccc(/C=N/NC(=O)CN(c2cc(OC)ccc2OC)S(=O)(=O)c2ccccc2)cc1OC. The van der Waals surface area contributed by atoms with Gasteiger partial charge in [-0.3, -0.25) is 9.10 Å². The Morgan fingerprint density at radius 1 is 0.872 bits per heavy atom. The molecule has 0 heterocycles. The van der Waals surface area contributed by atoms with Gasteiger partial charge in [-0.25, -0.2) is 18.6 Å². The number of benzene rings is 3. The van der Waals surface area contributed by atoms with E-state index in [0.717, 1.165) is 4.31 Å². The Morgan fingerprint density at radius 3 is 2.21 bits per heavy atom. The smallest absolute Gasteiger partial charge is 0.497 e. The van der Waals surface area contributed by atoms with Gasteiger partial charge in [0.25, 0.3) is 15.9 Å². The fraction of sp³-hybridized carbons (Fsp3) is 0.192. The highest BCUT2D eigenvalue weighted by Gasteiger charge is 2.29. The number of anilines is 1. The predicted octanol–water partition coefficient (Wildman–Crippen LogP) is 3.20. The third-order valence-corrected chi connectivity index (χ3v) is 7.00. The minimum absolute atomic E-state index is 0.0208. The zero-order chi connectivity index (χ0) is 28.4. The summed E-state index contributed by atoms with van der Waals surface area (Å²) in [6, 6.07) is 16.8. The number of ether oxygens (including phenoxy) is 5. The van der Waals surface area contributed by atoms with Crippen molar-refractivity contribution in [2.45, 2.75) is 4.90 Å². The van der Waals surface area contributed by atoms with Crippen molar-refractivity contribution in [3.63, 3.8) is 0 Å². The topological polar surface area (TPSA) is 142 Å². The van der Waals surface area contributed by atoms with E-state index in [2.05, 4.69) is 15.3 Å². The first kappa shape index (κ1) is 28.8. The van der Waals surface area contributed by atoms with Crippen LogP contribution in [0.2, 0.25) is 0 Å². The van der Waals surface area contributed by atoms with Crippen LogP contribution in [0.15, 0.2) is 76.7 Å². The summed E-state index contributed by atoms with van der Waals surface area (Å²) in [7, 11) is 1.19. The minimum Gasteiger partial charge on any atom is -0.497 e. The molecule has 0 spiro atoms. The third kappa shape index (κ3) is 7.17. The number of hydrogen-bond donors (Lipinski definition) is 1. The summed E-state index contributed by atoms with van der Waals surface area (Å²) in [5.74, 6) is 0.202. The van der Waals surface area contributed by atoms with Gasteiger partial charge in [0.2, 0.25) is 0 Å². The van der Waals surface area contributed by atoms with Crippen LogP contribution in [0.25, 0.3) is 0 Å². The average molecular weight is 558 g/mol. The number of carbonyl (C=O) groups excluding carboxylic acids is 2. The Hall–Kier alpha value is -4.78. The molecule has 1 amide bonds. The number of nitrogens with one attached hydrogen (secondary N) is 1. The quantitative estimate of drug-likeness (QED) is 0.163. The molecule has 3 rings (SSSR count). The summed E-state index contributed by atoms with van der Waals surface area (Å²) in [4.78, 5) is 24.2. The second kappa shape index (κ2) is 13.1. The van der Waals surface area contributed by atoms with Crippen LogP contribution in [0, 0.1) is 0 Å². The molecule has 0 aliphatic carbocycles. The molecule has 0 atom stereocenters. The number of nitrogens with zero attached hydrogens (tertiary/aromatic N) is 2. The van der Waals surface area contributed by atoms with Gasteiger partial charge in [-0.15, -0.1) is 0 Å². The van der Waals surface area contributed by atoms with E-state index in [1.165, 1.54) is 65.0 Å². The summed E-state index contributed by atoms with van der Waals surface area (Å²) < 4.78 is 53.4. The van der Waals surface area contributed by atoms with Crippen molar-refractivity contribution in [3.05, 3.63) is 72.3 Å². The zero-order valence-electron chi connectivity index (χ0n) is 21.6. The molecule has 0 bridgehead atoms. The Morgan fingerprint density at radius 2 is 1.56 bits per heavy atom. The second-order valence-corrected chi connectivity index (χ2v) is 9.48. The Bertz CT molecular complexity index is 1440. The highest BCUT2D eigenvalue weighted by Crippen LogP contribution is 2.35. The lowest BCUT2D eigenvalue weighted by molar-refractivity contribution is -0.119. The molecule has 3 aromatic rings. The number of rotatable bonds is 11. The lowest BCUT2D eigenvalue weighted by Gasteiger charge is -2.25. The molecular formula is C26H27N3O9S. The lowest BCUT2D eigenvalue weighted by Crippen LogP contribution is -2.39. The molecule has 0 unspecified atom stereocenters. The van der Waals surface area contributed by atoms with E-state index in [0.29, 0.717) is 11.3 Å². The predicted molar refractivity (Wildman–Crippen MR) is 142 cm³/mol. The van der Waals surface area contributed by atoms with Gasteiger partial charge in [0, 0.05) is 6.07 Å². The van der Waals surface area contributed by atoms with Crippen molar-refractivity contribution in [3.8, 4) is 23.0 Å². The van der Waals surface area contributed by atoms with Gasteiger partial charge >= 0.3 is 6.16 Å². The molecule has 0 aliphatic rings. The van der Waals surface area contributed by atoms with Crippen molar-refractivity contribution in [1.82, 2.24) is 5.43 Å². The number of methoxy groups -OCH3 is 4. The van der Waals surface area contributed by atoms with E-state index in [1.54, 1.807) is 36.4 Å². The number of carbonyl (C=O) groups is 2. The first-order chi connectivity index (χ1) is 18.7. The van der Waals surface area contributed by atoms with Gasteiger partial charge < -0.3 is 23.7 Å². The Kier molecular flexibility index (Phi) is 9.70. The van der Waals surface area contributed by atoms with Crippen molar-refractivity contribution < 1.29 is 41.7 Å². The van der Waals surface area contributed by atoms with Gasteiger partial charge in [0.05, 0.1) is 45.2 Å². The van der Waals surface area contributed by atoms with E-state index >= 15 is 0 Å². The molecule has 13 heteroatoms. The molecule has 12 nitrogen and oxygen atoms in total. The van der Waals surface area contributed by atoms with Crippen molar-refractivity contribution in [1.29, 1.82) is 0 Å². The van der Waals surface area contributed by atoms with Crippen LogP contribution in [0.5, 0.6) is 23.0 Å². The fourth-order valence-electron chi connectivity index (χ4n) is 3.34. The molecule has 3 aromatic carbocycles. The van der Waals surface area contributed by atoms with E-state index in [-0.39, 0.29) is 27.8 Å². The highest BCUT2D eigenvalue weighted by molar-refractivity contribution is 7.92. The Labute approximate surface area is 225 Å². The highest BCUT2D eigenvalue weighted by atomic mass is 32.2. The van der Waals surface area contributed by atoms with Crippen LogP contribution in [-0.2, 0) is 19.6 Å².